The first-order valence-electron chi connectivity index (χ1n) is 10.4. The van der Waals surface area contributed by atoms with Gasteiger partial charge in [0.25, 0.3) is 5.52 Å². The number of likely N-dealkylation sites (N-methyl/N-ethyl adjacent to an activating group) is 1. The number of benzene rings is 1. The third kappa shape index (κ3) is 3.40. The number of nitrogens with one attached hydrogen (secondary N) is 2. The molecule has 30 heavy (non-hydrogen) atoms. The quantitative estimate of drug-likeness (QED) is 0.559. The fraction of sp³-hybridized carbons (Fsp3) is 0.429. The number of hydrogen-bond donors (Lipinski definition) is 2. The van der Waals surface area contributed by atoms with E-state index in [1.54, 1.807) is 0 Å². The van der Waals surface area contributed by atoms with Gasteiger partial charge in [-0.3, -0.25) is 4.99 Å². The van der Waals surface area contributed by atoms with Crippen molar-refractivity contribution in [2.45, 2.75) is 18.6 Å². The Morgan fingerprint density at radius 3 is 3.07 bits per heavy atom. The molecule has 1 aromatic carbocycles. The van der Waals surface area contributed by atoms with E-state index >= 15 is 0 Å². The SMILES string of the molecule is CN1C=NC2C1/C(=C/c1oc3ccccc3[n+]1C)N=CN2CCCNC1=NCCN1. The molecule has 0 saturated carbocycles. The Labute approximate surface area is 175 Å². The van der Waals surface area contributed by atoms with Gasteiger partial charge >= 0.3 is 5.89 Å². The van der Waals surface area contributed by atoms with Gasteiger partial charge in [-0.25, -0.2) is 9.98 Å². The van der Waals surface area contributed by atoms with Crippen LogP contribution in [0.2, 0.25) is 0 Å². The van der Waals surface area contributed by atoms with Crippen LogP contribution in [0.15, 0.2) is 49.4 Å². The van der Waals surface area contributed by atoms with E-state index < -0.39 is 0 Å². The van der Waals surface area contributed by atoms with Crippen LogP contribution in [0.5, 0.6) is 0 Å². The third-order valence-electron chi connectivity index (χ3n) is 5.72. The van der Waals surface area contributed by atoms with Gasteiger partial charge in [-0.15, -0.1) is 0 Å². The van der Waals surface area contributed by atoms with Crippen LogP contribution in [0.1, 0.15) is 12.3 Å². The standard InChI is InChI=1S/C21H27N8O/c1-27-13-26-20-19(27)15(12-18-28(2)16-6-3-4-7-17(16)30-18)25-14-29(20)11-5-8-22-21-23-9-10-24-21/h3-4,6-7,12-14,19-20H,5,8-11H2,1-2H3,(H2,22,23,24)/q+1. The Balaban J connectivity index is 1.32. The van der Waals surface area contributed by atoms with Crippen molar-refractivity contribution in [3.8, 4) is 0 Å². The van der Waals surface area contributed by atoms with E-state index in [0.717, 1.165) is 61.2 Å². The van der Waals surface area contributed by atoms with Gasteiger partial charge in [0, 0.05) is 32.7 Å². The first kappa shape index (κ1) is 18.7. The molecule has 0 bridgehead atoms. The average molecular weight is 408 g/mol. The summed E-state index contributed by atoms with van der Waals surface area (Å²) in [6, 6.07) is 8.11. The summed E-state index contributed by atoms with van der Waals surface area (Å²) < 4.78 is 8.11. The molecule has 0 aliphatic carbocycles. The van der Waals surface area contributed by atoms with Crippen LogP contribution in [0.3, 0.4) is 0 Å². The summed E-state index contributed by atoms with van der Waals surface area (Å²) >= 11 is 0. The first-order chi connectivity index (χ1) is 14.7. The average Bonchev–Trinajstić information content (AvgIpc) is 3.48. The number of nitrogens with zero attached hydrogens (tertiary/aromatic N) is 6. The van der Waals surface area contributed by atoms with Crippen molar-refractivity contribution in [3.05, 3.63) is 35.9 Å². The van der Waals surface area contributed by atoms with Crippen LogP contribution in [0.25, 0.3) is 17.2 Å². The normalized spacial score (nSPS) is 23.9. The Hall–Kier alpha value is -3.36. The van der Waals surface area contributed by atoms with E-state index in [9.17, 15) is 0 Å². The molecule has 0 amide bonds. The highest BCUT2D eigenvalue weighted by Crippen LogP contribution is 2.28. The number of aryl methyl sites for hydroxylation is 1. The lowest BCUT2D eigenvalue weighted by atomic mass is 10.1. The molecule has 0 radical (unpaired) electrons. The zero-order valence-corrected chi connectivity index (χ0v) is 17.3. The molecular formula is C21H27N8O+. The lowest BCUT2D eigenvalue weighted by Crippen LogP contribution is -2.49. The first-order valence-corrected chi connectivity index (χ1v) is 10.4. The molecule has 3 aliphatic heterocycles. The largest absolute Gasteiger partial charge is 0.398 e. The van der Waals surface area contributed by atoms with Crippen molar-refractivity contribution in [2.75, 3.05) is 33.2 Å². The van der Waals surface area contributed by atoms with Gasteiger partial charge in [0.15, 0.2) is 5.96 Å². The zero-order valence-electron chi connectivity index (χ0n) is 17.3. The molecule has 0 spiro atoms. The summed E-state index contributed by atoms with van der Waals surface area (Å²) in [5, 5.41) is 6.57. The van der Waals surface area contributed by atoms with Crippen molar-refractivity contribution in [2.24, 2.45) is 22.0 Å². The fourth-order valence-corrected chi connectivity index (χ4v) is 4.12. The van der Waals surface area contributed by atoms with Gasteiger partial charge in [-0.1, -0.05) is 12.1 Å². The second kappa shape index (κ2) is 7.81. The molecule has 2 N–H and O–H groups in total. The van der Waals surface area contributed by atoms with Gasteiger partial charge in [0.1, 0.15) is 19.3 Å². The lowest BCUT2D eigenvalue weighted by molar-refractivity contribution is -0.652. The maximum absolute atomic E-state index is 6.05. The van der Waals surface area contributed by atoms with Gasteiger partial charge in [-0.05, 0) is 12.5 Å². The van der Waals surface area contributed by atoms with Crippen LogP contribution >= 0.6 is 0 Å². The van der Waals surface area contributed by atoms with Gasteiger partial charge in [0.05, 0.1) is 31.0 Å². The third-order valence-corrected chi connectivity index (χ3v) is 5.72. The molecule has 2 aromatic rings. The lowest BCUT2D eigenvalue weighted by Gasteiger charge is -2.35. The second-order valence-electron chi connectivity index (χ2n) is 7.74. The van der Waals surface area contributed by atoms with Crippen molar-refractivity contribution in [1.29, 1.82) is 0 Å². The summed E-state index contributed by atoms with van der Waals surface area (Å²) in [6.45, 7) is 3.51. The Morgan fingerprint density at radius 2 is 2.23 bits per heavy atom. The molecule has 5 rings (SSSR count). The fourth-order valence-electron chi connectivity index (χ4n) is 4.12. The molecule has 9 nitrogen and oxygen atoms in total. The second-order valence-corrected chi connectivity index (χ2v) is 7.74. The van der Waals surface area contributed by atoms with Crippen LogP contribution in [-0.2, 0) is 7.05 Å². The summed E-state index contributed by atoms with van der Waals surface area (Å²) in [5.74, 6) is 1.69. The minimum atomic E-state index is 0.0235. The summed E-state index contributed by atoms with van der Waals surface area (Å²) in [5.41, 5.74) is 2.88. The highest BCUT2D eigenvalue weighted by Gasteiger charge is 2.38. The van der Waals surface area contributed by atoms with Crippen molar-refractivity contribution < 1.29 is 8.98 Å². The predicted octanol–water partition coefficient (Wildman–Crippen LogP) is 0.549. The number of fused-ring (bicyclic) bond motifs is 2. The number of rotatable bonds is 5. The van der Waals surface area contributed by atoms with Crippen molar-refractivity contribution in [3.63, 3.8) is 0 Å². The molecule has 2 unspecified atom stereocenters. The van der Waals surface area contributed by atoms with E-state index in [2.05, 4.69) is 36.1 Å². The highest BCUT2D eigenvalue weighted by molar-refractivity contribution is 5.81. The molecule has 4 heterocycles. The number of aromatic nitrogens is 1. The van der Waals surface area contributed by atoms with E-state index in [0.29, 0.717) is 0 Å². The number of aliphatic imine (C=N–C) groups is 3. The molecule has 2 atom stereocenters. The Morgan fingerprint density at radius 1 is 1.33 bits per heavy atom. The van der Waals surface area contributed by atoms with E-state index in [4.69, 9.17) is 14.4 Å². The monoisotopic (exact) mass is 407 g/mol. The summed E-state index contributed by atoms with van der Waals surface area (Å²) in [6.07, 6.45) is 6.85. The predicted molar refractivity (Wildman–Crippen MR) is 117 cm³/mol. The van der Waals surface area contributed by atoms with Gasteiger partial charge in [-0.2, -0.15) is 4.57 Å². The maximum atomic E-state index is 6.05. The van der Waals surface area contributed by atoms with E-state index in [1.165, 1.54) is 0 Å². The molecule has 9 heteroatoms. The number of oxazole rings is 1. The molecule has 0 saturated heterocycles. The summed E-state index contributed by atoms with van der Waals surface area (Å²) in [7, 11) is 4.06. The van der Waals surface area contributed by atoms with Crippen molar-refractivity contribution in [1.82, 2.24) is 20.4 Å². The number of para-hydroxylation sites is 2. The Kier molecular flexibility index (Phi) is 4.86. The Bertz CT molecular complexity index is 1050. The van der Waals surface area contributed by atoms with Crippen LogP contribution in [-0.4, -0.2) is 73.9 Å². The highest BCUT2D eigenvalue weighted by atomic mass is 16.3. The number of hydrogen-bond acceptors (Lipinski definition) is 8. The van der Waals surface area contributed by atoms with E-state index in [-0.39, 0.29) is 12.2 Å². The molecule has 1 aromatic heterocycles. The smallest absolute Gasteiger partial charge is 0.375 e. The minimum Gasteiger partial charge on any atom is -0.398 e. The van der Waals surface area contributed by atoms with E-state index in [1.807, 2.05) is 51.0 Å². The molecule has 3 aliphatic rings. The van der Waals surface area contributed by atoms with Crippen LogP contribution in [0, 0.1) is 0 Å². The van der Waals surface area contributed by atoms with Crippen LogP contribution in [0.4, 0.5) is 0 Å². The van der Waals surface area contributed by atoms with Gasteiger partial charge in [0.2, 0.25) is 5.58 Å². The minimum absolute atomic E-state index is 0.0235. The van der Waals surface area contributed by atoms with Crippen molar-refractivity contribution >= 4 is 35.8 Å². The summed E-state index contributed by atoms with van der Waals surface area (Å²) in [4.78, 5) is 18.2. The maximum Gasteiger partial charge on any atom is 0.375 e. The van der Waals surface area contributed by atoms with Gasteiger partial charge < -0.3 is 24.9 Å². The molecular weight excluding hydrogens is 380 g/mol. The van der Waals surface area contributed by atoms with Crippen LogP contribution < -0.4 is 15.2 Å². The molecule has 0 fully saturated rings. The topological polar surface area (TPSA) is 84.6 Å². The number of guanidine groups is 1. The molecule has 156 valence electrons. The zero-order chi connectivity index (χ0) is 20.5.